The van der Waals surface area contributed by atoms with Crippen LogP contribution in [0.25, 0.3) is 0 Å². The zero-order chi connectivity index (χ0) is 16.4. The van der Waals surface area contributed by atoms with Gasteiger partial charge in [-0.1, -0.05) is 12.1 Å². The molecule has 0 aliphatic heterocycles. The van der Waals surface area contributed by atoms with Crippen molar-refractivity contribution < 1.29 is 18.4 Å². The molecular formula is C17H20F2N2O2. The molecular weight excluding hydrogens is 302 g/mol. The Balaban J connectivity index is 1.53. The van der Waals surface area contributed by atoms with Gasteiger partial charge in [0, 0.05) is 36.9 Å². The highest BCUT2D eigenvalue weighted by atomic mass is 19.3. The van der Waals surface area contributed by atoms with Crippen molar-refractivity contribution in [3.8, 4) is 0 Å². The molecule has 1 aromatic rings. The highest BCUT2D eigenvalue weighted by molar-refractivity contribution is 5.94. The minimum atomic E-state index is -2.72. The lowest BCUT2D eigenvalue weighted by molar-refractivity contribution is -0.125. The highest BCUT2D eigenvalue weighted by Gasteiger charge is 2.42. The minimum Gasteiger partial charge on any atom is -0.352 e. The van der Waals surface area contributed by atoms with Crippen LogP contribution in [0.1, 0.15) is 48.0 Å². The van der Waals surface area contributed by atoms with E-state index >= 15 is 0 Å². The molecule has 2 amide bonds. The van der Waals surface area contributed by atoms with Gasteiger partial charge in [0.15, 0.2) is 0 Å². The van der Waals surface area contributed by atoms with Crippen molar-refractivity contribution in [3.05, 3.63) is 35.4 Å². The Bertz CT molecular complexity index is 614. The number of carbonyl (C=O) groups is 2. The maximum atomic E-state index is 13.1. The summed E-state index contributed by atoms with van der Waals surface area (Å²) in [5.41, 5.74) is 1.34. The molecule has 2 N–H and O–H groups in total. The molecule has 2 aliphatic rings. The summed E-state index contributed by atoms with van der Waals surface area (Å²) < 4.78 is 26.3. The van der Waals surface area contributed by atoms with E-state index in [-0.39, 0.29) is 43.7 Å². The van der Waals surface area contributed by atoms with Crippen molar-refractivity contribution in [2.75, 3.05) is 0 Å². The summed E-state index contributed by atoms with van der Waals surface area (Å²) in [7, 11) is 0. The van der Waals surface area contributed by atoms with Crippen molar-refractivity contribution in [1.82, 2.24) is 10.6 Å². The number of nitrogens with one attached hydrogen (secondary N) is 2. The predicted molar refractivity (Wildman–Crippen MR) is 81.1 cm³/mol. The molecule has 1 atom stereocenters. The van der Waals surface area contributed by atoms with Gasteiger partial charge in [-0.3, -0.25) is 9.59 Å². The number of alkyl halides is 2. The van der Waals surface area contributed by atoms with Crippen LogP contribution in [0, 0.1) is 5.92 Å². The Morgan fingerprint density at radius 3 is 2.65 bits per heavy atom. The molecule has 0 aromatic heterocycles. The second kappa shape index (κ2) is 6.26. The van der Waals surface area contributed by atoms with Gasteiger partial charge in [0.05, 0.1) is 0 Å². The summed E-state index contributed by atoms with van der Waals surface area (Å²) in [6.45, 7) is 0.242. The van der Waals surface area contributed by atoms with E-state index < -0.39 is 11.8 Å². The first kappa shape index (κ1) is 15.9. The van der Waals surface area contributed by atoms with E-state index in [1.54, 1.807) is 24.3 Å². The monoisotopic (exact) mass is 322 g/mol. The molecule has 1 unspecified atom stereocenters. The van der Waals surface area contributed by atoms with Crippen molar-refractivity contribution in [3.63, 3.8) is 0 Å². The van der Waals surface area contributed by atoms with E-state index in [1.807, 2.05) is 0 Å². The van der Waals surface area contributed by atoms with Gasteiger partial charge in [-0.2, -0.15) is 0 Å². The molecule has 23 heavy (non-hydrogen) atoms. The topological polar surface area (TPSA) is 58.2 Å². The first-order valence-electron chi connectivity index (χ1n) is 7.98. The standard InChI is InChI=1S/C17H20F2N2O2/c18-17(19)7-6-13(9-17)15(22)20-10-11-2-1-3-12(8-11)16(23)21-14-4-5-14/h1-3,8,13-14H,4-7,9-10H2,(H,20,22)(H,21,23). The van der Waals surface area contributed by atoms with Crippen LogP contribution in [0.2, 0.25) is 0 Å². The molecule has 6 heteroatoms. The number of amides is 2. The number of rotatable bonds is 5. The van der Waals surface area contributed by atoms with Crippen molar-refractivity contribution in [1.29, 1.82) is 0 Å². The predicted octanol–water partition coefficient (Wildman–Crippen LogP) is 2.63. The van der Waals surface area contributed by atoms with Crippen LogP contribution in [0.15, 0.2) is 24.3 Å². The van der Waals surface area contributed by atoms with Gasteiger partial charge in [0.25, 0.3) is 5.91 Å². The lowest BCUT2D eigenvalue weighted by Gasteiger charge is -2.12. The summed E-state index contributed by atoms with van der Waals surface area (Å²) in [5.74, 6) is -3.79. The van der Waals surface area contributed by atoms with Crippen molar-refractivity contribution >= 4 is 11.8 Å². The lowest BCUT2D eigenvalue weighted by Crippen LogP contribution is -2.30. The summed E-state index contributed by atoms with van der Waals surface area (Å²) >= 11 is 0. The fourth-order valence-corrected chi connectivity index (χ4v) is 2.83. The molecule has 1 aromatic carbocycles. The van der Waals surface area contributed by atoms with Crippen LogP contribution < -0.4 is 10.6 Å². The van der Waals surface area contributed by atoms with Crippen LogP contribution in [-0.2, 0) is 11.3 Å². The van der Waals surface area contributed by atoms with Gasteiger partial charge >= 0.3 is 0 Å². The van der Waals surface area contributed by atoms with Crippen LogP contribution >= 0.6 is 0 Å². The van der Waals surface area contributed by atoms with Gasteiger partial charge in [-0.25, -0.2) is 8.78 Å². The second-order valence-corrected chi connectivity index (χ2v) is 6.46. The van der Waals surface area contributed by atoms with Gasteiger partial charge in [-0.15, -0.1) is 0 Å². The Hall–Kier alpha value is -1.98. The number of benzene rings is 1. The summed E-state index contributed by atoms with van der Waals surface area (Å²) in [6, 6.07) is 7.29. The van der Waals surface area contributed by atoms with Crippen molar-refractivity contribution in [2.24, 2.45) is 5.92 Å². The fourth-order valence-electron chi connectivity index (χ4n) is 2.83. The SMILES string of the molecule is O=C(NC1CC1)c1cccc(CNC(=O)C2CCC(F)(F)C2)c1. The van der Waals surface area contributed by atoms with E-state index in [9.17, 15) is 18.4 Å². The molecule has 0 radical (unpaired) electrons. The second-order valence-electron chi connectivity index (χ2n) is 6.46. The van der Waals surface area contributed by atoms with Gasteiger partial charge < -0.3 is 10.6 Å². The van der Waals surface area contributed by atoms with Crippen LogP contribution in [0.4, 0.5) is 8.78 Å². The summed E-state index contributed by atoms with van der Waals surface area (Å²) in [5, 5.41) is 5.60. The first-order valence-corrected chi connectivity index (χ1v) is 7.98. The summed E-state index contributed by atoms with van der Waals surface area (Å²) in [4.78, 5) is 23.9. The van der Waals surface area contributed by atoms with E-state index in [0.29, 0.717) is 5.56 Å². The smallest absolute Gasteiger partial charge is 0.251 e. The van der Waals surface area contributed by atoms with Crippen molar-refractivity contribution in [2.45, 2.75) is 50.6 Å². The normalized spacial score (nSPS) is 22.6. The van der Waals surface area contributed by atoms with Crippen LogP contribution in [0.5, 0.6) is 0 Å². The maximum absolute atomic E-state index is 13.1. The summed E-state index contributed by atoms with van der Waals surface area (Å²) in [6.07, 6.45) is 1.67. The fraction of sp³-hybridized carbons (Fsp3) is 0.529. The molecule has 0 heterocycles. The van der Waals surface area contributed by atoms with E-state index in [1.165, 1.54) is 0 Å². The lowest BCUT2D eigenvalue weighted by atomic mass is 10.1. The van der Waals surface area contributed by atoms with E-state index in [0.717, 1.165) is 18.4 Å². The molecule has 0 bridgehead atoms. The third-order valence-corrected chi connectivity index (χ3v) is 4.34. The number of hydrogen-bond acceptors (Lipinski definition) is 2. The Kier molecular flexibility index (Phi) is 4.33. The maximum Gasteiger partial charge on any atom is 0.251 e. The van der Waals surface area contributed by atoms with Crippen LogP contribution in [-0.4, -0.2) is 23.8 Å². The molecule has 4 nitrogen and oxygen atoms in total. The molecule has 0 spiro atoms. The largest absolute Gasteiger partial charge is 0.352 e. The highest BCUT2D eigenvalue weighted by Crippen LogP contribution is 2.38. The average molecular weight is 322 g/mol. The Labute approximate surface area is 133 Å². The first-order chi connectivity index (χ1) is 10.9. The minimum absolute atomic E-state index is 0.115. The molecule has 2 fully saturated rings. The Morgan fingerprint density at radius 2 is 2.00 bits per heavy atom. The molecule has 124 valence electrons. The third kappa shape index (κ3) is 4.27. The molecule has 0 saturated heterocycles. The van der Waals surface area contributed by atoms with Gasteiger partial charge in [0.1, 0.15) is 0 Å². The number of hydrogen-bond donors (Lipinski definition) is 2. The van der Waals surface area contributed by atoms with E-state index in [2.05, 4.69) is 10.6 Å². The number of carbonyl (C=O) groups excluding carboxylic acids is 2. The zero-order valence-corrected chi connectivity index (χ0v) is 12.8. The molecule has 3 rings (SSSR count). The molecule has 2 saturated carbocycles. The van der Waals surface area contributed by atoms with Crippen LogP contribution in [0.3, 0.4) is 0 Å². The van der Waals surface area contributed by atoms with E-state index in [4.69, 9.17) is 0 Å². The zero-order valence-electron chi connectivity index (χ0n) is 12.8. The Morgan fingerprint density at radius 1 is 1.22 bits per heavy atom. The third-order valence-electron chi connectivity index (χ3n) is 4.34. The average Bonchev–Trinajstić information content (AvgIpc) is 3.26. The number of halogens is 2. The van der Waals surface area contributed by atoms with Gasteiger partial charge in [0.2, 0.25) is 11.8 Å². The van der Waals surface area contributed by atoms with Gasteiger partial charge in [-0.05, 0) is 37.0 Å². The molecule has 2 aliphatic carbocycles. The quantitative estimate of drug-likeness (QED) is 0.875.